The number of carbonyl (C=O) groups is 1. The summed E-state index contributed by atoms with van der Waals surface area (Å²) in [5, 5.41) is 3.77. The molecule has 2 aromatic carbocycles. The van der Waals surface area contributed by atoms with Gasteiger partial charge in [0, 0.05) is 17.4 Å². The van der Waals surface area contributed by atoms with Gasteiger partial charge in [-0.05, 0) is 43.2 Å². The average molecular weight is 335 g/mol. The number of hydrogen-bond donors (Lipinski definition) is 1. The van der Waals surface area contributed by atoms with E-state index in [2.05, 4.69) is 29.3 Å². The van der Waals surface area contributed by atoms with Gasteiger partial charge in [-0.15, -0.1) is 0 Å². The van der Waals surface area contributed by atoms with Crippen LogP contribution in [0.25, 0.3) is 0 Å². The van der Waals surface area contributed by atoms with Crippen LogP contribution in [0.2, 0.25) is 10.0 Å². The van der Waals surface area contributed by atoms with Crippen molar-refractivity contribution in [3.8, 4) is 0 Å². The molecule has 0 aromatic heterocycles. The Labute approximate surface area is 139 Å². The summed E-state index contributed by atoms with van der Waals surface area (Å²) in [6.07, 6.45) is 0.968. The summed E-state index contributed by atoms with van der Waals surface area (Å²) in [6.45, 7) is 2.45. The first kappa shape index (κ1) is 15.2. The highest BCUT2D eigenvalue weighted by Gasteiger charge is 2.26. The van der Waals surface area contributed by atoms with Gasteiger partial charge in [0.05, 0.1) is 16.6 Å². The van der Waals surface area contributed by atoms with E-state index in [-0.39, 0.29) is 5.91 Å². The fourth-order valence-corrected chi connectivity index (χ4v) is 3.10. The van der Waals surface area contributed by atoms with Crippen LogP contribution in [0.5, 0.6) is 0 Å². The van der Waals surface area contributed by atoms with Crippen molar-refractivity contribution >= 4 is 40.5 Å². The first-order valence-electron chi connectivity index (χ1n) is 7.14. The summed E-state index contributed by atoms with van der Waals surface area (Å²) in [5.74, 6) is -0.0676. The molecule has 5 heteroatoms. The van der Waals surface area contributed by atoms with Gasteiger partial charge in [-0.25, -0.2) is 0 Å². The number of benzene rings is 2. The molecule has 0 saturated carbocycles. The molecule has 1 aliphatic heterocycles. The molecule has 1 amide bonds. The Morgan fingerprint density at radius 3 is 2.77 bits per heavy atom. The van der Waals surface area contributed by atoms with Gasteiger partial charge >= 0.3 is 0 Å². The fourth-order valence-electron chi connectivity index (χ4n) is 2.80. The Hall–Kier alpha value is -1.71. The first-order valence-corrected chi connectivity index (χ1v) is 7.89. The molecule has 1 atom stereocenters. The van der Waals surface area contributed by atoms with Crippen molar-refractivity contribution in [3.63, 3.8) is 0 Å². The highest BCUT2D eigenvalue weighted by atomic mass is 35.5. The van der Waals surface area contributed by atoms with Gasteiger partial charge in [-0.2, -0.15) is 0 Å². The van der Waals surface area contributed by atoms with E-state index in [4.69, 9.17) is 23.2 Å². The van der Waals surface area contributed by atoms with Crippen LogP contribution in [-0.4, -0.2) is 18.5 Å². The van der Waals surface area contributed by atoms with Crippen molar-refractivity contribution in [2.75, 3.05) is 16.8 Å². The monoisotopic (exact) mass is 334 g/mol. The molecule has 0 fully saturated rings. The molecule has 114 valence electrons. The van der Waals surface area contributed by atoms with Gasteiger partial charge in [-0.3, -0.25) is 4.79 Å². The van der Waals surface area contributed by atoms with Crippen molar-refractivity contribution in [3.05, 3.63) is 58.1 Å². The Morgan fingerprint density at radius 1 is 1.23 bits per heavy atom. The van der Waals surface area contributed by atoms with Crippen LogP contribution in [0.1, 0.15) is 12.5 Å². The van der Waals surface area contributed by atoms with Crippen molar-refractivity contribution in [2.45, 2.75) is 19.4 Å². The lowest BCUT2D eigenvalue weighted by molar-refractivity contribution is -0.115. The van der Waals surface area contributed by atoms with Crippen LogP contribution >= 0.6 is 23.2 Å². The van der Waals surface area contributed by atoms with Crippen molar-refractivity contribution in [1.29, 1.82) is 0 Å². The molecule has 0 saturated heterocycles. The molecule has 0 unspecified atom stereocenters. The maximum Gasteiger partial charge on any atom is 0.243 e. The van der Waals surface area contributed by atoms with Crippen LogP contribution < -0.4 is 10.2 Å². The number of para-hydroxylation sites is 1. The second kappa shape index (κ2) is 6.19. The largest absolute Gasteiger partial charge is 0.359 e. The summed E-state index contributed by atoms with van der Waals surface area (Å²) in [6, 6.07) is 13.6. The lowest BCUT2D eigenvalue weighted by Crippen LogP contribution is -2.37. The zero-order valence-electron chi connectivity index (χ0n) is 12.1. The number of rotatable bonds is 3. The van der Waals surface area contributed by atoms with E-state index < -0.39 is 0 Å². The maximum atomic E-state index is 12.3. The zero-order valence-corrected chi connectivity index (χ0v) is 13.7. The fraction of sp³-hybridized carbons (Fsp3) is 0.235. The Kier molecular flexibility index (Phi) is 4.27. The van der Waals surface area contributed by atoms with E-state index in [0.29, 0.717) is 28.3 Å². The topological polar surface area (TPSA) is 32.3 Å². The van der Waals surface area contributed by atoms with Gasteiger partial charge in [-0.1, -0.05) is 41.4 Å². The number of amides is 1. The zero-order chi connectivity index (χ0) is 15.7. The van der Waals surface area contributed by atoms with Crippen LogP contribution in [0.3, 0.4) is 0 Å². The minimum Gasteiger partial charge on any atom is -0.359 e. The number of nitrogens with zero attached hydrogens (tertiary/aromatic N) is 1. The Bertz CT molecular complexity index is 718. The van der Waals surface area contributed by atoms with Gasteiger partial charge in [0.15, 0.2) is 0 Å². The smallest absolute Gasteiger partial charge is 0.243 e. The minimum atomic E-state index is -0.0676. The predicted octanol–water partition coefficient (Wildman–Crippen LogP) is 4.38. The molecule has 1 aliphatic rings. The van der Waals surface area contributed by atoms with Crippen molar-refractivity contribution < 1.29 is 4.79 Å². The van der Waals surface area contributed by atoms with E-state index >= 15 is 0 Å². The molecule has 0 spiro atoms. The second-order valence-corrected chi connectivity index (χ2v) is 6.30. The summed E-state index contributed by atoms with van der Waals surface area (Å²) in [7, 11) is 0. The normalized spacial score (nSPS) is 16.5. The standard InChI is InChI=1S/C17H16Cl2N2O/c1-11-8-12-4-2-3-5-16(12)21(11)10-17(22)20-13-6-7-14(18)15(19)9-13/h2-7,9,11H,8,10H2,1H3,(H,20,22)/t11-/m1/s1. The summed E-state index contributed by atoms with van der Waals surface area (Å²) >= 11 is 11.8. The van der Waals surface area contributed by atoms with Gasteiger partial charge in [0.25, 0.3) is 0 Å². The van der Waals surface area contributed by atoms with E-state index in [1.165, 1.54) is 5.56 Å². The summed E-state index contributed by atoms with van der Waals surface area (Å²) < 4.78 is 0. The average Bonchev–Trinajstić information content (AvgIpc) is 2.79. The molecule has 0 aliphatic carbocycles. The van der Waals surface area contributed by atoms with Crippen LogP contribution in [0, 0.1) is 0 Å². The molecule has 1 N–H and O–H groups in total. The lowest BCUT2D eigenvalue weighted by Gasteiger charge is -2.24. The molecule has 3 rings (SSSR count). The number of halogens is 2. The van der Waals surface area contributed by atoms with Gasteiger partial charge in [0.2, 0.25) is 5.91 Å². The molecule has 0 bridgehead atoms. The lowest BCUT2D eigenvalue weighted by atomic mass is 10.1. The third-order valence-corrected chi connectivity index (χ3v) is 4.60. The molecule has 2 aromatic rings. The van der Waals surface area contributed by atoms with E-state index in [9.17, 15) is 4.79 Å². The van der Waals surface area contributed by atoms with Crippen LogP contribution in [-0.2, 0) is 11.2 Å². The first-order chi connectivity index (χ1) is 10.5. The molecule has 3 nitrogen and oxygen atoms in total. The third kappa shape index (κ3) is 3.06. The number of carbonyl (C=O) groups excluding carboxylic acids is 1. The molecular weight excluding hydrogens is 319 g/mol. The third-order valence-electron chi connectivity index (χ3n) is 3.87. The minimum absolute atomic E-state index is 0.0676. The molecule has 22 heavy (non-hydrogen) atoms. The Morgan fingerprint density at radius 2 is 2.00 bits per heavy atom. The number of nitrogens with one attached hydrogen (secondary N) is 1. The molecule has 0 radical (unpaired) electrons. The van der Waals surface area contributed by atoms with E-state index in [1.54, 1.807) is 18.2 Å². The van der Waals surface area contributed by atoms with Gasteiger partial charge in [0.1, 0.15) is 0 Å². The highest BCUT2D eigenvalue weighted by molar-refractivity contribution is 6.42. The van der Waals surface area contributed by atoms with Crippen molar-refractivity contribution in [2.24, 2.45) is 0 Å². The summed E-state index contributed by atoms with van der Waals surface area (Å²) in [4.78, 5) is 14.4. The Balaban J connectivity index is 1.70. The maximum absolute atomic E-state index is 12.3. The molecular formula is C17H16Cl2N2O. The summed E-state index contributed by atoms with van der Waals surface area (Å²) in [5.41, 5.74) is 3.08. The quantitative estimate of drug-likeness (QED) is 0.903. The highest BCUT2D eigenvalue weighted by Crippen LogP contribution is 2.31. The molecule has 1 heterocycles. The van der Waals surface area contributed by atoms with E-state index in [0.717, 1.165) is 12.1 Å². The second-order valence-electron chi connectivity index (χ2n) is 5.49. The van der Waals surface area contributed by atoms with E-state index in [1.807, 2.05) is 12.1 Å². The SMILES string of the molecule is C[C@@H]1Cc2ccccc2N1CC(=O)Nc1ccc(Cl)c(Cl)c1. The predicted molar refractivity (Wildman–Crippen MR) is 92.0 cm³/mol. The van der Waals surface area contributed by atoms with Crippen molar-refractivity contribution in [1.82, 2.24) is 0 Å². The number of hydrogen-bond acceptors (Lipinski definition) is 2. The number of fused-ring (bicyclic) bond motifs is 1. The number of anilines is 2. The van der Waals surface area contributed by atoms with Crippen LogP contribution in [0.4, 0.5) is 11.4 Å². The van der Waals surface area contributed by atoms with Crippen LogP contribution in [0.15, 0.2) is 42.5 Å². The van der Waals surface area contributed by atoms with Gasteiger partial charge < -0.3 is 10.2 Å².